The zero-order chi connectivity index (χ0) is 16.7. The molecule has 3 heterocycles. The molecule has 2 aliphatic rings. The van der Waals surface area contributed by atoms with Gasteiger partial charge >= 0.3 is 0 Å². The van der Waals surface area contributed by atoms with Crippen LogP contribution in [-0.2, 0) is 21.3 Å². The molecule has 2 fully saturated rings. The average molecular weight is 343 g/mol. The van der Waals surface area contributed by atoms with Crippen molar-refractivity contribution in [3.05, 3.63) is 17.0 Å². The molecule has 2 aliphatic heterocycles. The first-order valence-corrected chi connectivity index (χ1v) is 9.91. The highest BCUT2D eigenvalue weighted by atomic mass is 32.2. The van der Waals surface area contributed by atoms with Crippen molar-refractivity contribution in [1.29, 1.82) is 0 Å². The van der Waals surface area contributed by atoms with Gasteiger partial charge in [-0.3, -0.25) is 4.90 Å². The van der Waals surface area contributed by atoms with Gasteiger partial charge in [-0.1, -0.05) is 5.16 Å². The molecule has 1 spiro atoms. The van der Waals surface area contributed by atoms with Crippen LogP contribution in [0.5, 0.6) is 0 Å². The summed E-state index contributed by atoms with van der Waals surface area (Å²) in [5.41, 5.74) is 1.84. The van der Waals surface area contributed by atoms with E-state index in [0.717, 1.165) is 55.9 Å². The van der Waals surface area contributed by atoms with Crippen LogP contribution in [0.1, 0.15) is 36.3 Å². The van der Waals surface area contributed by atoms with Gasteiger partial charge in [0.15, 0.2) is 0 Å². The molecule has 0 aliphatic carbocycles. The maximum atomic E-state index is 11.5. The fourth-order valence-electron chi connectivity index (χ4n) is 3.73. The molecule has 130 valence electrons. The molecule has 3 rings (SSSR count). The van der Waals surface area contributed by atoms with E-state index in [1.54, 1.807) is 0 Å². The Kier molecular flexibility index (Phi) is 4.52. The number of hydrogen-bond acceptors (Lipinski definition) is 6. The molecular formula is C15H25N3O4S. The van der Waals surface area contributed by atoms with Crippen molar-refractivity contribution in [1.82, 2.24) is 14.8 Å². The summed E-state index contributed by atoms with van der Waals surface area (Å²) in [5, 5.41) is 4.00. The maximum absolute atomic E-state index is 11.5. The highest BCUT2D eigenvalue weighted by Gasteiger charge is 2.43. The summed E-state index contributed by atoms with van der Waals surface area (Å²) in [6.45, 7) is 7.06. The van der Waals surface area contributed by atoms with Crippen molar-refractivity contribution in [2.75, 3.05) is 26.0 Å². The van der Waals surface area contributed by atoms with E-state index in [0.29, 0.717) is 6.61 Å². The number of ether oxygens (including phenoxy) is 1. The monoisotopic (exact) mass is 343 g/mol. The standard InChI is InChI=1S/C15H25N3O4S/c1-11-14(12(2)22-16-11)9-18-6-5-15(10-18)8-13(4-7-21-15)17-23(3,19)20/h13,17H,4-10H2,1-3H3/t13-,15-/m1/s1. The molecule has 1 aromatic heterocycles. The Bertz CT molecular complexity index is 653. The first kappa shape index (κ1) is 16.9. The summed E-state index contributed by atoms with van der Waals surface area (Å²) in [4.78, 5) is 2.34. The summed E-state index contributed by atoms with van der Waals surface area (Å²) in [5.74, 6) is 0.865. The van der Waals surface area contributed by atoms with Crippen LogP contribution in [-0.4, -0.2) is 56.1 Å². The topological polar surface area (TPSA) is 84.7 Å². The van der Waals surface area contributed by atoms with E-state index in [-0.39, 0.29) is 11.6 Å². The van der Waals surface area contributed by atoms with Crippen LogP contribution in [0.4, 0.5) is 0 Å². The van der Waals surface area contributed by atoms with Gasteiger partial charge in [-0.25, -0.2) is 13.1 Å². The van der Waals surface area contributed by atoms with Crippen LogP contribution in [0.3, 0.4) is 0 Å². The van der Waals surface area contributed by atoms with E-state index in [1.807, 2.05) is 13.8 Å². The third-order valence-electron chi connectivity index (χ3n) is 4.83. The van der Waals surface area contributed by atoms with E-state index in [9.17, 15) is 8.42 Å². The quantitative estimate of drug-likeness (QED) is 0.877. The van der Waals surface area contributed by atoms with Gasteiger partial charge in [0.1, 0.15) is 5.76 Å². The van der Waals surface area contributed by atoms with Crippen molar-refractivity contribution in [3.63, 3.8) is 0 Å². The van der Waals surface area contributed by atoms with Gasteiger partial charge in [-0.15, -0.1) is 0 Å². The fourth-order valence-corrected chi connectivity index (χ4v) is 4.54. The lowest BCUT2D eigenvalue weighted by Crippen LogP contribution is -2.49. The molecule has 7 nitrogen and oxygen atoms in total. The van der Waals surface area contributed by atoms with Crippen LogP contribution >= 0.6 is 0 Å². The molecule has 2 atom stereocenters. The normalized spacial score (nSPS) is 29.4. The van der Waals surface area contributed by atoms with Crippen molar-refractivity contribution in [3.8, 4) is 0 Å². The van der Waals surface area contributed by atoms with Gasteiger partial charge in [-0.2, -0.15) is 0 Å². The summed E-state index contributed by atoms with van der Waals surface area (Å²) < 4.78 is 37.0. The smallest absolute Gasteiger partial charge is 0.208 e. The van der Waals surface area contributed by atoms with E-state index in [1.165, 1.54) is 6.26 Å². The molecule has 0 bridgehead atoms. The Morgan fingerprint density at radius 2 is 2.22 bits per heavy atom. The molecular weight excluding hydrogens is 318 g/mol. The van der Waals surface area contributed by atoms with Gasteiger partial charge in [-0.05, 0) is 33.1 Å². The number of nitrogens with one attached hydrogen (secondary N) is 1. The number of aryl methyl sites for hydroxylation is 2. The number of likely N-dealkylation sites (tertiary alicyclic amines) is 1. The molecule has 1 N–H and O–H groups in total. The molecule has 0 radical (unpaired) electrons. The Morgan fingerprint density at radius 1 is 1.43 bits per heavy atom. The summed E-state index contributed by atoms with van der Waals surface area (Å²) in [6.07, 6.45) is 3.61. The lowest BCUT2D eigenvalue weighted by molar-refractivity contribution is -0.0779. The molecule has 0 aromatic carbocycles. The van der Waals surface area contributed by atoms with E-state index >= 15 is 0 Å². The molecule has 23 heavy (non-hydrogen) atoms. The minimum atomic E-state index is -3.18. The first-order chi connectivity index (χ1) is 10.8. The first-order valence-electron chi connectivity index (χ1n) is 8.02. The minimum absolute atomic E-state index is 0.0298. The van der Waals surface area contributed by atoms with Crippen molar-refractivity contribution >= 4 is 10.0 Å². The van der Waals surface area contributed by atoms with Crippen molar-refractivity contribution in [2.45, 2.75) is 51.3 Å². The zero-order valence-corrected chi connectivity index (χ0v) is 14.8. The zero-order valence-electron chi connectivity index (χ0n) is 14.0. The van der Waals surface area contributed by atoms with E-state index in [2.05, 4.69) is 14.8 Å². The number of aromatic nitrogens is 1. The third kappa shape index (κ3) is 3.93. The van der Waals surface area contributed by atoms with E-state index < -0.39 is 10.0 Å². The Balaban J connectivity index is 1.64. The van der Waals surface area contributed by atoms with Crippen LogP contribution in [0, 0.1) is 13.8 Å². The predicted octanol–water partition coefficient (Wildman–Crippen LogP) is 0.964. The second kappa shape index (κ2) is 6.16. The predicted molar refractivity (Wildman–Crippen MR) is 85.6 cm³/mol. The van der Waals surface area contributed by atoms with Gasteiger partial charge in [0, 0.05) is 37.8 Å². The second-order valence-corrected chi connectivity index (χ2v) is 8.65. The summed E-state index contributed by atoms with van der Waals surface area (Å²) >= 11 is 0. The Morgan fingerprint density at radius 3 is 2.87 bits per heavy atom. The average Bonchev–Trinajstić information content (AvgIpc) is 2.96. The molecule has 8 heteroatoms. The van der Waals surface area contributed by atoms with Crippen LogP contribution < -0.4 is 4.72 Å². The number of nitrogens with zero attached hydrogens (tertiary/aromatic N) is 2. The van der Waals surface area contributed by atoms with Gasteiger partial charge in [0.25, 0.3) is 0 Å². The van der Waals surface area contributed by atoms with Gasteiger partial charge in [0.05, 0.1) is 17.6 Å². The van der Waals surface area contributed by atoms with Crippen LogP contribution in [0.25, 0.3) is 0 Å². The largest absolute Gasteiger partial charge is 0.373 e. The number of hydrogen-bond donors (Lipinski definition) is 1. The third-order valence-corrected chi connectivity index (χ3v) is 5.59. The molecule has 1 aromatic rings. The Hall–Kier alpha value is -0.960. The number of sulfonamides is 1. The lowest BCUT2D eigenvalue weighted by Gasteiger charge is -2.38. The SMILES string of the molecule is Cc1noc(C)c1CN1CC[C@@]2(C[C@H](NS(C)(=O)=O)CCO2)C1. The highest BCUT2D eigenvalue weighted by molar-refractivity contribution is 7.88. The second-order valence-electron chi connectivity index (χ2n) is 6.87. The van der Waals surface area contributed by atoms with Gasteiger partial charge in [0.2, 0.25) is 10.0 Å². The molecule has 2 saturated heterocycles. The molecule has 0 unspecified atom stereocenters. The van der Waals surface area contributed by atoms with Crippen molar-refractivity contribution < 1.29 is 17.7 Å². The van der Waals surface area contributed by atoms with Crippen LogP contribution in [0.2, 0.25) is 0 Å². The highest BCUT2D eigenvalue weighted by Crippen LogP contribution is 2.35. The fraction of sp³-hybridized carbons (Fsp3) is 0.800. The lowest BCUT2D eigenvalue weighted by atomic mass is 9.90. The summed E-state index contributed by atoms with van der Waals surface area (Å²) in [6, 6.07) is -0.0298. The Labute approximate surface area is 137 Å². The van der Waals surface area contributed by atoms with Gasteiger partial charge < -0.3 is 9.26 Å². The molecule has 0 saturated carbocycles. The maximum Gasteiger partial charge on any atom is 0.208 e. The number of rotatable bonds is 4. The van der Waals surface area contributed by atoms with E-state index in [4.69, 9.17) is 9.26 Å². The van der Waals surface area contributed by atoms with Crippen LogP contribution in [0.15, 0.2) is 4.52 Å². The minimum Gasteiger partial charge on any atom is -0.373 e. The summed E-state index contributed by atoms with van der Waals surface area (Å²) in [7, 11) is -3.18. The molecule has 0 amide bonds. The van der Waals surface area contributed by atoms with Crippen molar-refractivity contribution in [2.24, 2.45) is 0 Å².